The van der Waals surface area contributed by atoms with Crippen LogP contribution in [0.1, 0.15) is 49.3 Å². The van der Waals surface area contributed by atoms with Gasteiger partial charge in [-0.3, -0.25) is 9.59 Å². The van der Waals surface area contributed by atoms with E-state index in [-0.39, 0.29) is 23.8 Å². The van der Waals surface area contributed by atoms with E-state index in [1.165, 1.54) is 0 Å². The summed E-state index contributed by atoms with van der Waals surface area (Å²) < 4.78 is 0. The highest BCUT2D eigenvalue weighted by Crippen LogP contribution is 2.48. The monoisotopic (exact) mass is 346 g/mol. The van der Waals surface area contributed by atoms with Gasteiger partial charge < -0.3 is 14.9 Å². The Morgan fingerprint density at radius 2 is 1.84 bits per heavy atom. The SMILES string of the molecule is CC(=O)N1CC2(CCN(C(=O)c3cnc(C)nc3)CC2)C[C@@]1(C)CO. The Morgan fingerprint density at radius 1 is 1.24 bits per heavy atom. The number of amides is 2. The Labute approximate surface area is 148 Å². The van der Waals surface area contributed by atoms with E-state index in [1.54, 1.807) is 31.1 Å². The van der Waals surface area contributed by atoms with E-state index in [9.17, 15) is 14.7 Å². The summed E-state index contributed by atoms with van der Waals surface area (Å²) in [6.45, 7) is 7.23. The maximum absolute atomic E-state index is 12.6. The highest BCUT2D eigenvalue weighted by molar-refractivity contribution is 5.93. The molecule has 0 radical (unpaired) electrons. The molecular weight excluding hydrogens is 320 g/mol. The second-order valence-corrected chi connectivity index (χ2v) is 7.75. The molecule has 136 valence electrons. The Morgan fingerprint density at radius 3 is 2.32 bits per heavy atom. The molecule has 2 aliphatic rings. The number of nitrogens with zero attached hydrogens (tertiary/aromatic N) is 4. The molecule has 0 aliphatic carbocycles. The van der Waals surface area contributed by atoms with Gasteiger partial charge in [0.25, 0.3) is 5.91 Å². The van der Waals surface area contributed by atoms with Crippen molar-refractivity contribution >= 4 is 11.8 Å². The van der Waals surface area contributed by atoms with Crippen LogP contribution in [-0.4, -0.2) is 68.5 Å². The van der Waals surface area contributed by atoms with Gasteiger partial charge in [0.1, 0.15) is 5.82 Å². The van der Waals surface area contributed by atoms with Crippen molar-refractivity contribution in [3.05, 3.63) is 23.8 Å². The molecule has 0 saturated carbocycles. The molecule has 2 amide bonds. The second kappa shape index (κ2) is 6.37. The van der Waals surface area contributed by atoms with Crippen LogP contribution in [0.15, 0.2) is 12.4 Å². The molecule has 7 heteroatoms. The number of carbonyl (C=O) groups is 2. The first-order valence-corrected chi connectivity index (χ1v) is 8.76. The number of hydrogen-bond donors (Lipinski definition) is 1. The van der Waals surface area contributed by atoms with Crippen molar-refractivity contribution in [2.45, 2.75) is 45.6 Å². The summed E-state index contributed by atoms with van der Waals surface area (Å²) in [5.74, 6) is 0.609. The summed E-state index contributed by atoms with van der Waals surface area (Å²) in [5, 5.41) is 9.80. The number of rotatable bonds is 2. The van der Waals surface area contributed by atoms with E-state index in [2.05, 4.69) is 9.97 Å². The minimum atomic E-state index is -0.497. The minimum Gasteiger partial charge on any atom is -0.394 e. The minimum absolute atomic E-state index is 0.00346. The van der Waals surface area contributed by atoms with Crippen LogP contribution < -0.4 is 0 Å². The average Bonchev–Trinajstić information content (AvgIpc) is 2.89. The van der Waals surface area contributed by atoms with Crippen molar-refractivity contribution in [3.8, 4) is 0 Å². The van der Waals surface area contributed by atoms with E-state index in [0.29, 0.717) is 31.0 Å². The maximum atomic E-state index is 12.6. The molecule has 0 aromatic carbocycles. The van der Waals surface area contributed by atoms with E-state index in [4.69, 9.17) is 0 Å². The first-order valence-electron chi connectivity index (χ1n) is 8.76. The van der Waals surface area contributed by atoms with E-state index >= 15 is 0 Å². The molecule has 0 bridgehead atoms. The smallest absolute Gasteiger partial charge is 0.256 e. The maximum Gasteiger partial charge on any atom is 0.256 e. The molecule has 25 heavy (non-hydrogen) atoms. The van der Waals surface area contributed by atoms with Crippen LogP contribution >= 0.6 is 0 Å². The Balaban J connectivity index is 1.68. The summed E-state index contributed by atoms with van der Waals surface area (Å²) in [6, 6.07) is 0. The van der Waals surface area contributed by atoms with Crippen LogP contribution in [0.5, 0.6) is 0 Å². The third kappa shape index (κ3) is 3.25. The molecule has 3 rings (SSSR count). The lowest BCUT2D eigenvalue weighted by Gasteiger charge is -2.39. The number of likely N-dealkylation sites (tertiary alicyclic amines) is 2. The van der Waals surface area contributed by atoms with Gasteiger partial charge in [0.2, 0.25) is 5.91 Å². The normalized spacial score (nSPS) is 25.4. The van der Waals surface area contributed by atoms with Gasteiger partial charge >= 0.3 is 0 Å². The molecule has 3 heterocycles. The molecule has 2 aliphatic heterocycles. The van der Waals surface area contributed by atoms with Gasteiger partial charge in [0.15, 0.2) is 0 Å². The highest BCUT2D eigenvalue weighted by atomic mass is 16.3. The number of piperidine rings is 1. The number of hydrogen-bond acceptors (Lipinski definition) is 5. The van der Waals surface area contributed by atoms with Crippen LogP contribution in [0.4, 0.5) is 0 Å². The van der Waals surface area contributed by atoms with Gasteiger partial charge in [-0.2, -0.15) is 0 Å². The lowest BCUT2D eigenvalue weighted by molar-refractivity contribution is -0.134. The summed E-state index contributed by atoms with van der Waals surface area (Å²) >= 11 is 0. The quantitative estimate of drug-likeness (QED) is 0.864. The zero-order chi connectivity index (χ0) is 18.2. The largest absolute Gasteiger partial charge is 0.394 e. The third-order valence-electron chi connectivity index (χ3n) is 5.76. The lowest BCUT2D eigenvalue weighted by atomic mass is 9.74. The fraction of sp³-hybridized carbons (Fsp3) is 0.667. The van der Waals surface area contributed by atoms with E-state index < -0.39 is 5.54 Å². The van der Waals surface area contributed by atoms with Crippen molar-refractivity contribution in [1.29, 1.82) is 0 Å². The Hall–Kier alpha value is -2.02. The Bertz CT molecular complexity index is 667. The van der Waals surface area contributed by atoms with Crippen molar-refractivity contribution in [2.75, 3.05) is 26.2 Å². The van der Waals surface area contributed by atoms with Gasteiger partial charge in [0, 0.05) is 39.0 Å². The van der Waals surface area contributed by atoms with Crippen molar-refractivity contribution in [2.24, 2.45) is 5.41 Å². The lowest BCUT2D eigenvalue weighted by Crippen LogP contribution is -2.46. The topological polar surface area (TPSA) is 86.6 Å². The van der Waals surface area contributed by atoms with Crippen LogP contribution in [0.2, 0.25) is 0 Å². The molecule has 2 fully saturated rings. The first-order chi connectivity index (χ1) is 11.8. The predicted octanol–water partition coefficient (Wildman–Crippen LogP) is 1.01. The van der Waals surface area contributed by atoms with Crippen molar-refractivity contribution < 1.29 is 14.7 Å². The van der Waals surface area contributed by atoms with Crippen molar-refractivity contribution in [3.63, 3.8) is 0 Å². The number of aliphatic hydroxyl groups excluding tert-OH is 1. The number of aromatic nitrogens is 2. The predicted molar refractivity (Wildman–Crippen MR) is 91.8 cm³/mol. The van der Waals surface area contributed by atoms with Crippen LogP contribution in [0.25, 0.3) is 0 Å². The van der Waals surface area contributed by atoms with Gasteiger partial charge in [-0.15, -0.1) is 0 Å². The van der Waals surface area contributed by atoms with Crippen molar-refractivity contribution in [1.82, 2.24) is 19.8 Å². The van der Waals surface area contributed by atoms with Gasteiger partial charge in [-0.1, -0.05) is 0 Å². The van der Waals surface area contributed by atoms with Gasteiger partial charge in [0.05, 0.1) is 17.7 Å². The van der Waals surface area contributed by atoms with Crippen LogP contribution in [0, 0.1) is 12.3 Å². The first kappa shape index (κ1) is 17.8. The number of aryl methyl sites for hydroxylation is 1. The second-order valence-electron chi connectivity index (χ2n) is 7.75. The number of aliphatic hydroxyl groups is 1. The fourth-order valence-electron chi connectivity index (χ4n) is 4.32. The standard InChI is InChI=1S/C18H26N4O3/c1-13-19-8-15(9-20-13)16(25)21-6-4-18(5-7-21)10-17(3,12-23)22(11-18)14(2)24/h8-9,23H,4-7,10-12H2,1-3H3/t17-/m0/s1. The van der Waals surface area contributed by atoms with Gasteiger partial charge in [-0.05, 0) is 38.5 Å². The van der Waals surface area contributed by atoms with Crippen LogP contribution in [-0.2, 0) is 4.79 Å². The molecule has 1 aromatic heterocycles. The molecule has 1 spiro atoms. The molecule has 7 nitrogen and oxygen atoms in total. The zero-order valence-electron chi connectivity index (χ0n) is 15.2. The third-order valence-corrected chi connectivity index (χ3v) is 5.76. The fourth-order valence-corrected chi connectivity index (χ4v) is 4.32. The van der Waals surface area contributed by atoms with Crippen LogP contribution in [0.3, 0.4) is 0 Å². The zero-order valence-corrected chi connectivity index (χ0v) is 15.2. The average molecular weight is 346 g/mol. The molecule has 1 atom stereocenters. The highest BCUT2D eigenvalue weighted by Gasteiger charge is 2.52. The molecule has 1 aromatic rings. The van der Waals surface area contributed by atoms with E-state index in [0.717, 1.165) is 19.3 Å². The molecular formula is C18H26N4O3. The number of carbonyl (C=O) groups excluding carboxylic acids is 2. The summed E-state index contributed by atoms with van der Waals surface area (Å²) in [5.41, 5.74) is 0.00510. The van der Waals surface area contributed by atoms with E-state index in [1.807, 2.05) is 11.8 Å². The Kier molecular flexibility index (Phi) is 4.53. The van der Waals surface area contributed by atoms with Gasteiger partial charge in [-0.25, -0.2) is 9.97 Å². The summed E-state index contributed by atoms with van der Waals surface area (Å²) in [4.78, 5) is 36.4. The summed E-state index contributed by atoms with van der Waals surface area (Å²) in [7, 11) is 0. The molecule has 2 saturated heterocycles. The summed E-state index contributed by atoms with van der Waals surface area (Å²) in [6.07, 6.45) is 5.61. The molecule has 1 N–H and O–H groups in total. The molecule has 0 unspecified atom stereocenters.